The number of rotatable bonds is 1. The van der Waals surface area contributed by atoms with Gasteiger partial charge in [0.1, 0.15) is 6.61 Å². The lowest BCUT2D eigenvalue weighted by atomic mass is 10.6. The minimum Gasteiger partial charge on any atom is -0.387 e. The molecule has 0 heterocycles. The molecule has 0 atom stereocenters. The van der Waals surface area contributed by atoms with Crippen molar-refractivity contribution in [3.05, 3.63) is 0 Å². The predicted octanol–water partition coefficient (Wildman–Crippen LogP) is 0.214. The van der Waals surface area contributed by atoms with Gasteiger partial charge in [0.2, 0.25) is 0 Å². The zero-order valence-electron chi connectivity index (χ0n) is 5.63. The van der Waals surface area contributed by atoms with E-state index >= 15 is 0 Å². The molecule has 3 amide bonds. The highest BCUT2D eigenvalue weighted by atomic mass is 35.6. The fraction of sp³-hybridized carbons (Fsp3) is 0.500. The van der Waals surface area contributed by atoms with E-state index in [1.807, 2.05) is 0 Å². The molecular formula is C4H5Cl3N2O3. The monoisotopic (exact) mass is 234 g/mol. The molecule has 0 saturated heterocycles. The van der Waals surface area contributed by atoms with Gasteiger partial charge in [0, 0.05) is 0 Å². The summed E-state index contributed by atoms with van der Waals surface area (Å²) in [6.07, 6.45) is 0. The Morgan fingerprint density at radius 2 is 1.83 bits per heavy atom. The van der Waals surface area contributed by atoms with Crippen molar-refractivity contribution in [2.75, 3.05) is 6.61 Å². The van der Waals surface area contributed by atoms with Crippen LogP contribution in [0.2, 0.25) is 0 Å². The number of carbonyl (C=O) groups is 2. The Kier molecular flexibility index (Phi) is 4.05. The van der Waals surface area contributed by atoms with E-state index in [4.69, 9.17) is 45.6 Å². The summed E-state index contributed by atoms with van der Waals surface area (Å²) in [5.41, 5.74) is 4.70. The fourth-order valence-electron chi connectivity index (χ4n) is 0.460. The van der Waals surface area contributed by atoms with Crippen LogP contribution >= 0.6 is 34.8 Å². The van der Waals surface area contributed by atoms with Crippen molar-refractivity contribution in [1.29, 1.82) is 0 Å². The molecule has 5 nitrogen and oxygen atoms in total. The van der Waals surface area contributed by atoms with Crippen molar-refractivity contribution in [2.45, 2.75) is 3.92 Å². The molecule has 70 valence electrons. The van der Waals surface area contributed by atoms with Crippen molar-refractivity contribution in [3.8, 4) is 0 Å². The summed E-state index contributed by atoms with van der Waals surface area (Å²) >= 11 is 15.6. The third-order valence-electron chi connectivity index (χ3n) is 0.859. The molecule has 0 rings (SSSR count). The number of aliphatic hydroxyl groups excluding tert-OH is 1. The number of urea groups is 1. The predicted molar refractivity (Wildman–Crippen MR) is 43.8 cm³/mol. The fourth-order valence-corrected chi connectivity index (χ4v) is 0.993. The number of alkyl halides is 3. The number of carbonyl (C=O) groups excluding carboxylic acids is 2. The molecule has 0 aliphatic carbocycles. The standard InChI is InChI=1S/C4H5Cl3N2O3/c5-4(6,7)9(3(8)12)2(11)1-10/h10H,1H2,(H2,8,12). The highest BCUT2D eigenvalue weighted by Crippen LogP contribution is 2.30. The Balaban J connectivity index is 4.68. The van der Waals surface area contributed by atoms with Crippen LogP contribution in [0, 0.1) is 0 Å². The number of hydrogen-bond acceptors (Lipinski definition) is 3. The molecule has 0 unspecified atom stereocenters. The van der Waals surface area contributed by atoms with Crippen LogP contribution in [0.3, 0.4) is 0 Å². The van der Waals surface area contributed by atoms with E-state index < -0.39 is 22.5 Å². The van der Waals surface area contributed by atoms with Crippen LogP contribution in [-0.4, -0.2) is 32.5 Å². The van der Waals surface area contributed by atoms with Crippen LogP contribution in [0.5, 0.6) is 0 Å². The molecule has 0 fully saturated rings. The zero-order chi connectivity index (χ0) is 9.94. The molecule has 0 aliphatic rings. The maximum Gasteiger partial charge on any atom is 0.325 e. The van der Waals surface area contributed by atoms with Crippen LogP contribution < -0.4 is 5.73 Å². The van der Waals surface area contributed by atoms with E-state index in [9.17, 15) is 9.59 Å². The molecule has 0 bridgehead atoms. The number of aliphatic hydroxyl groups is 1. The second kappa shape index (κ2) is 4.13. The second-order valence-corrected chi connectivity index (χ2v) is 3.91. The Labute approximate surface area is 83.0 Å². The van der Waals surface area contributed by atoms with Gasteiger partial charge in [0.15, 0.2) is 0 Å². The number of amides is 3. The second-order valence-electron chi connectivity index (χ2n) is 1.69. The Bertz CT molecular complexity index is 202. The van der Waals surface area contributed by atoms with Gasteiger partial charge in [-0.3, -0.25) is 4.79 Å². The van der Waals surface area contributed by atoms with Gasteiger partial charge in [-0.15, -0.1) is 0 Å². The van der Waals surface area contributed by atoms with Gasteiger partial charge < -0.3 is 10.8 Å². The highest BCUT2D eigenvalue weighted by Gasteiger charge is 2.37. The first-order valence-corrected chi connectivity index (χ1v) is 3.74. The maximum absolute atomic E-state index is 10.7. The minimum atomic E-state index is -2.27. The molecule has 3 N–H and O–H groups in total. The molecule has 0 radical (unpaired) electrons. The average molecular weight is 235 g/mol. The summed E-state index contributed by atoms with van der Waals surface area (Å²) in [5.74, 6) is -1.08. The van der Waals surface area contributed by atoms with Crippen LogP contribution in [0.25, 0.3) is 0 Å². The lowest BCUT2D eigenvalue weighted by Crippen LogP contribution is -2.49. The molecule has 0 aliphatic heterocycles. The summed E-state index contributed by atoms with van der Waals surface area (Å²) in [6, 6.07) is -1.24. The van der Waals surface area contributed by atoms with Gasteiger partial charge in [0.05, 0.1) is 0 Å². The van der Waals surface area contributed by atoms with Gasteiger partial charge in [-0.25, -0.2) is 9.69 Å². The number of imide groups is 1. The smallest absolute Gasteiger partial charge is 0.325 e. The van der Waals surface area contributed by atoms with E-state index in [1.165, 1.54) is 0 Å². The van der Waals surface area contributed by atoms with Gasteiger partial charge in [-0.2, -0.15) is 0 Å². The Hall–Kier alpha value is -0.230. The first-order chi connectivity index (χ1) is 5.30. The summed E-state index contributed by atoms with van der Waals surface area (Å²) in [6.45, 7) is -0.961. The lowest BCUT2D eigenvalue weighted by Gasteiger charge is -2.24. The number of primary amides is 1. The highest BCUT2D eigenvalue weighted by molar-refractivity contribution is 6.68. The van der Waals surface area contributed by atoms with Crippen molar-refractivity contribution in [3.63, 3.8) is 0 Å². The van der Waals surface area contributed by atoms with Gasteiger partial charge in [-0.1, -0.05) is 34.8 Å². The molecule has 0 aromatic carbocycles. The van der Waals surface area contributed by atoms with E-state index in [0.29, 0.717) is 0 Å². The molecule has 0 aromatic heterocycles. The molecule has 0 saturated carbocycles. The SMILES string of the molecule is NC(=O)N(C(=O)CO)C(Cl)(Cl)Cl. The molecule has 8 heteroatoms. The summed E-state index contributed by atoms with van der Waals surface area (Å²) in [4.78, 5) is 21.4. The van der Waals surface area contributed by atoms with Crippen molar-refractivity contribution >= 4 is 46.7 Å². The van der Waals surface area contributed by atoms with E-state index in [0.717, 1.165) is 0 Å². The van der Waals surface area contributed by atoms with Crippen molar-refractivity contribution in [1.82, 2.24) is 4.90 Å². The van der Waals surface area contributed by atoms with Crippen LogP contribution in [0.4, 0.5) is 4.79 Å². The largest absolute Gasteiger partial charge is 0.387 e. The maximum atomic E-state index is 10.7. The molecule has 0 aromatic rings. The van der Waals surface area contributed by atoms with Crippen molar-refractivity contribution in [2.24, 2.45) is 5.73 Å². The van der Waals surface area contributed by atoms with Crippen molar-refractivity contribution < 1.29 is 14.7 Å². The molecule has 0 spiro atoms. The topological polar surface area (TPSA) is 83.6 Å². The lowest BCUT2D eigenvalue weighted by molar-refractivity contribution is -0.131. The third-order valence-corrected chi connectivity index (χ3v) is 1.37. The van der Waals surface area contributed by atoms with E-state index in [1.54, 1.807) is 0 Å². The van der Waals surface area contributed by atoms with E-state index in [-0.39, 0.29) is 4.90 Å². The molecular weight excluding hydrogens is 230 g/mol. The van der Waals surface area contributed by atoms with Gasteiger partial charge in [0.25, 0.3) is 9.82 Å². The normalized spacial score (nSPS) is 11.0. The third kappa shape index (κ3) is 3.02. The Morgan fingerprint density at radius 1 is 1.42 bits per heavy atom. The molecule has 12 heavy (non-hydrogen) atoms. The summed E-state index contributed by atoms with van der Waals surface area (Å²) in [5, 5.41) is 8.34. The minimum absolute atomic E-state index is 0.123. The van der Waals surface area contributed by atoms with Crippen LogP contribution in [0.15, 0.2) is 0 Å². The number of nitrogens with two attached hydrogens (primary N) is 1. The van der Waals surface area contributed by atoms with Crippen LogP contribution in [0.1, 0.15) is 0 Å². The number of nitrogens with zero attached hydrogens (tertiary/aromatic N) is 1. The first kappa shape index (κ1) is 11.8. The van der Waals surface area contributed by atoms with Crippen LogP contribution in [-0.2, 0) is 4.79 Å². The van der Waals surface area contributed by atoms with Gasteiger partial charge >= 0.3 is 6.03 Å². The van der Waals surface area contributed by atoms with E-state index in [2.05, 4.69) is 0 Å². The number of halogens is 3. The first-order valence-electron chi connectivity index (χ1n) is 2.60. The quantitative estimate of drug-likeness (QED) is 0.503. The summed E-state index contributed by atoms with van der Waals surface area (Å²) in [7, 11) is 0. The Morgan fingerprint density at radius 3 is 1.92 bits per heavy atom. The number of hydrogen-bond donors (Lipinski definition) is 2. The average Bonchev–Trinajstić information content (AvgIpc) is 1.83. The zero-order valence-corrected chi connectivity index (χ0v) is 7.90. The summed E-state index contributed by atoms with van der Waals surface area (Å²) < 4.78 is -2.27. The van der Waals surface area contributed by atoms with Gasteiger partial charge in [-0.05, 0) is 0 Å².